The summed E-state index contributed by atoms with van der Waals surface area (Å²) in [5, 5.41) is 3.51. The summed E-state index contributed by atoms with van der Waals surface area (Å²) in [5.74, 6) is -2.45. The molecule has 1 saturated heterocycles. The molecule has 1 N–H and O–H groups in total. The largest absolute Gasteiger partial charge is 0.481 e. The second kappa shape index (κ2) is 5.33. The summed E-state index contributed by atoms with van der Waals surface area (Å²) in [6, 6.07) is 3.42. The Balaban J connectivity index is 1.60. The summed E-state index contributed by atoms with van der Waals surface area (Å²) >= 11 is 0. The first-order valence-electron chi connectivity index (χ1n) is 11.6. The van der Waals surface area contributed by atoms with Crippen LogP contribution in [0.4, 0.5) is 0 Å². The molecule has 0 saturated carbocycles. The minimum absolute atomic E-state index is 0.00807. The fraction of sp³-hybridized carbons (Fsp3) is 0.500. The highest BCUT2D eigenvalue weighted by Crippen LogP contribution is 2.61. The molecule has 5 atom stereocenters. The molecule has 2 aliphatic heterocycles. The van der Waals surface area contributed by atoms with E-state index in [1.165, 1.54) is 6.07 Å². The number of hydrogen-bond acceptors (Lipinski definition) is 6. The monoisotopic (exact) mass is 361 g/mol. The van der Waals surface area contributed by atoms with Crippen LogP contribution in [0.25, 0.3) is 0 Å². The maximum Gasteiger partial charge on any atom is 0.308 e. The van der Waals surface area contributed by atoms with Crippen molar-refractivity contribution >= 4 is 11.9 Å². The first-order chi connectivity index (χ1) is 14.9. The predicted molar refractivity (Wildman–Crippen MR) is 92.1 cm³/mol. The number of ether oxygens (including phenoxy) is 3. The van der Waals surface area contributed by atoms with E-state index in [2.05, 4.69) is 5.32 Å². The molecule has 136 valence electrons. The quantitative estimate of drug-likeness (QED) is 0.490. The van der Waals surface area contributed by atoms with Crippen LogP contribution >= 0.6 is 0 Å². The van der Waals surface area contributed by atoms with Gasteiger partial charge in [0.2, 0.25) is 0 Å². The van der Waals surface area contributed by atoms with Crippen LogP contribution in [-0.2, 0) is 26.2 Å². The molecular weight excluding hydrogens is 334 g/mol. The van der Waals surface area contributed by atoms with Gasteiger partial charge < -0.3 is 19.5 Å². The predicted octanol–water partition coefficient (Wildman–Crippen LogP) is 1.65. The highest BCUT2D eigenvalue weighted by molar-refractivity contribution is 5.73. The molecule has 4 aliphatic rings. The van der Waals surface area contributed by atoms with E-state index in [4.69, 9.17) is 22.4 Å². The van der Waals surface area contributed by atoms with Crippen LogP contribution in [0.5, 0.6) is 11.5 Å². The molecule has 1 fully saturated rings. The summed E-state index contributed by atoms with van der Waals surface area (Å²) < 4.78 is 60.7. The van der Waals surface area contributed by atoms with Gasteiger partial charge in [0.15, 0.2) is 17.6 Å². The number of esters is 2. The molecule has 2 heterocycles. The maximum atomic E-state index is 12.1. The van der Waals surface area contributed by atoms with Gasteiger partial charge in [-0.3, -0.25) is 9.59 Å². The van der Waals surface area contributed by atoms with Crippen LogP contribution in [0, 0.1) is 5.92 Å². The highest BCUT2D eigenvalue weighted by atomic mass is 16.6. The molecule has 2 bridgehead atoms. The van der Waals surface area contributed by atoms with Crippen molar-refractivity contribution < 1.29 is 32.0 Å². The minimum atomic E-state index is -2.94. The van der Waals surface area contributed by atoms with Crippen molar-refractivity contribution in [2.24, 2.45) is 5.92 Å². The zero-order chi connectivity index (χ0) is 23.1. The number of piperidine rings is 1. The second-order valence-corrected chi connectivity index (χ2v) is 7.19. The van der Waals surface area contributed by atoms with E-state index >= 15 is 0 Å². The number of hydrogen-bond donors (Lipinski definition) is 1. The van der Waals surface area contributed by atoms with Crippen LogP contribution in [0.1, 0.15) is 39.5 Å². The number of benzene rings is 1. The average Bonchev–Trinajstić information content (AvgIpc) is 3.03. The Morgan fingerprint density at radius 3 is 3.04 bits per heavy atom. The van der Waals surface area contributed by atoms with Gasteiger partial charge >= 0.3 is 11.9 Å². The van der Waals surface area contributed by atoms with E-state index in [1.807, 2.05) is 6.08 Å². The van der Waals surface area contributed by atoms with Gasteiger partial charge in [0.05, 0.1) is 0 Å². The van der Waals surface area contributed by atoms with Gasteiger partial charge in [-0.2, -0.15) is 0 Å². The van der Waals surface area contributed by atoms with Gasteiger partial charge in [0.1, 0.15) is 6.10 Å². The lowest BCUT2D eigenvalue weighted by molar-refractivity contribution is -0.151. The molecule has 0 amide bonds. The smallest absolute Gasteiger partial charge is 0.308 e. The van der Waals surface area contributed by atoms with E-state index in [9.17, 15) is 9.59 Å². The van der Waals surface area contributed by atoms with Crippen LogP contribution in [0.15, 0.2) is 24.3 Å². The molecule has 0 unspecified atom stereocenters. The SMILES string of the molecule is [2H]C([2H])([2H])C(=O)Oc1ccc2c3c1O[C@H]1[C@@H](OC(=O)C([2H])([2H])[2H])C=C[C@H]4[C@@H](C2)NCC[C@@]341. The first kappa shape index (κ1) is 10.7. The molecule has 26 heavy (non-hydrogen) atoms. The average molecular weight is 361 g/mol. The fourth-order valence-corrected chi connectivity index (χ4v) is 5.35. The number of rotatable bonds is 2. The van der Waals surface area contributed by atoms with Crippen LogP contribution in [0.3, 0.4) is 0 Å². The molecule has 0 radical (unpaired) electrons. The summed E-state index contributed by atoms with van der Waals surface area (Å²) in [7, 11) is 0. The van der Waals surface area contributed by atoms with Gasteiger partial charge in [-0.15, -0.1) is 0 Å². The van der Waals surface area contributed by atoms with Gasteiger partial charge in [-0.25, -0.2) is 0 Å². The second-order valence-electron chi connectivity index (χ2n) is 7.19. The zero-order valence-corrected chi connectivity index (χ0v) is 13.8. The van der Waals surface area contributed by atoms with Crippen molar-refractivity contribution in [2.45, 2.75) is 50.2 Å². The molecule has 5 rings (SSSR count). The molecule has 0 aromatic heterocycles. The third-order valence-corrected chi connectivity index (χ3v) is 6.09. The van der Waals surface area contributed by atoms with E-state index in [0.29, 0.717) is 19.4 Å². The normalized spacial score (nSPS) is 39.7. The number of carbonyl (C=O) groups excluding carboxylic acids is 2. The zero-order valence-electron chi connectivity index (χ0n) is 19.8. The van der Waals surface area contributed by atoms with Crippen molar-refractivity contribution in [3.05, 3.63) is 35.4 Å². The van der Waals surface area contributed by atoms with Gasteiger partial charge in [-0.1, -0.05) is 12.1 Å². The summed E-state index contributed by atoms with van der Waals surface area (Å²) in [4.78, 5) is 24.2. The van der Waals surface area contributed by atoms with Gasteiger partial charge in [0, 0.05) is 44.9 Å². The standard InChI is InChI=1S/C20H21NO5/c1-10(22)24-15-5-3-12-9-14-13-4-6-16(25-11(2)23)19-20(13,7-8-21-14)17(12)18(15)26-19/h3-6,13-14,16,19,21H,7-9H2,1-2H3/t13-,14+,16-,19-,20-/m0/s1/i1D3,2D3. The fourth-order valence-electron chi connectivity index (χ4n) is 5.35. The summed E-state index contributed by atoms with van der Waals surface area (Å²) in [5.41, 5.74) is 1.18. The summed E-state index contributed by atoms with van der Waals surface area (Å²) in [6.07, 6.45) is 3.23. The lowest BCUT2D eigenvalue weighted by atomic mass is 9.53. The molecule has 1 aromatic carbocycles. The van der Waals surface area contributed by atoms with Gasteiger partial charge in [0.25, 0.3) is 0 Å². The maximum absolute atomic E-state index is 12.1. The van der Waals surface area contributed by atoms with Crippen LogP contribution in [-0.4, -0.2) is 36.7 Å². The lowest BCUT2D eigenvalue weighted by Crippen LogP contribution is -2.65. The summed E-state index contributed by atoms with van der Waals surface area (Å²) in [6.45, 7) is -5.18. The molecule has 6 nitrogen and oxygen atoms in total. The topological polar surface area (TPSA) is 73.9 Å². The van der Waals surface area contributed by atoms with Crippen LogP contribution < -0.4 is 14.8 Å². The van der Waals surface area contributed by atoms with E-state index < -0.39 is 43.3 Å². The van der Waals surface area contributed by atoms with E-state index in [0.717, 1.165) is 11.1 Å². The third-order valence-electron chi connectivity index (χ3n) is 6.09. The van der Waals surface area contributed by atoms with Crippen molar-refractivity contribution in [1.29, 1.82) is 0 Å². The van der Waals surface area contributed by atoms with Crippen molar-refractivity contribution in [1.82, 2.24) is 5.32 Å². The number of nitrogens with one attached hydrogen (secondary N) is 1. The van der Waals surface area contributed by atoms with Gasteiger partial charge in [-0.05, 0) is 37.1 Å². The van der Waals surface area contributed by atoms with Crippen molar-refractivity contribution in [3.63, 3.8) is 0 Å². The molecule has 6 heteroatoms. The Hall–Kier alpha value is -2.34. The Kier molecular flexibility index (Phi) is 2.20. The Morgan fingerprint density at radius 1 is 1.31 bits per heavy atom. The molecule has 1 aromatic rings. The highest BCUT2D eigenvalue weighted by Gasteiger charge is 2.64. The van der Waals surface area contributed by atoms with Crippen LogP contribution in [0.2, 0.25) is 0 Å². The molecular formula is C20H21NO5. The molecule has 1 spiro atoms. The molecule has 2 aliphatic carbocycles. The van der Waals surface area contributed by atoms with Crippen molar-refractivity contribution in [3.8, 4) is 11.5 Å². The number of carbonyl (C=O) groups is 2. The third kappa shape index (κ3) is 1.96. The van der Waals surface area contributed by atoms with E-state index in [-0.39, 0.29) is 23.5 Å². The lowest BCUT2D eigenvalue weighted by Gasteiger charge is -2.54. The first-order valence-corrected chi connectivity index (χ1v) is 8.61. The Bertz CT molecular complexity index is 1030. The van der Waals surface area contributed by atoms with E-state index in [1.54, 1.807) is 12.1 Å². The van der Waals surface area contributed by atoms with Crippen molar-refractivity contribution in [2.75, 3.05) is 6.54 Å². The Morgan fingerprint density at radius 2 is 2.19 bits per heavy atom. The minimum Gasteiger partial charge on any atom is -0.481 e. The Labute approximate surface area is 159 Å².